The van der Waals surface area contributed by atoms with Gasteiger partial charge in [-0.15, -0.1) is 0 Å². The van der Waals surface area contributed by atoms with E-state index in [4.69, 9.17) is 4.74 Å². The monoisotopic (exact) mass is 303 g/mol. The van der Waals surface area contributed by atoms with E-state index in [0.29, 0.717) is 25.0 Å². The van der Waals surface area contributed by atoms with E-state index in [1.54, 1.807) is 4.90 Å². The molecule has 5 nitrogen and oxygen atoms in total. The molecule has 1 aromatic rings. The van der Waals surface area contributed by atoms with E-state index in [0.717, 1.165) is 13.0 Å². The topological polar surface area (TPSA) is 45.7 Å². The van der Waals surface area contributed by atoms with Crippen molar-refractivity contribution in [2.45, 2.75) is 39.0 Å². The molecule has 1 amide bonds. The maximum Gasteiger partial charge on any atom is 0.246 e. The molecule has 1 aromatic heterocycles. The Labute approximate surface area is 132 Å². The van der Waals surface area contributed by atoms with E-state index < -0.39 is 0 Å². The normalized spacial score (nSPS) is 18.0. The minimum Gasteiger partial charge on any atom is -0.472 e. The summed E-state index contributed by atoms with van der Waals surface area (Å²) in [6, 6.07) is 4.45. The second-order valence-corrected chi connectivity index (χ2v) is 6.03. The molecular weight excluding hydrogens is 278 g/mol. The standard InChI is InChI=1S/C17H25N3O2/c1-5-17(21)20-9-8-15(12-20)22-16-7-6-14(10-18-16)11-19(4)13(2)3/h5-7,10,13,15H,1,8-9,11-12H2,2-4H3. The smallest absolute Gasteiger partial charge is 0.246 e. The molecule has 1 saturated heterocycles. The van der Waals surface area contributed by atoms with E-state index in [2.05, 4.69) is 37.4 Å². The van der Waals surface area contributed by atoms with Gasteiger partial charge in [0.25, 0.3) is 0 Å². The number of rotatable bonds is 6. The Balaban J connectivity index is 1.87. The number of nitrogens with zero attached hydrogens (tertiary/aromatic N) is 3. The Morgan fingerprint density at radius 1 is 1.59 bits per heavy atom. The summed E-state index contributed by atoms with van der Waals surface area (Å²) in [4.78, 5) is 19.9. The van der Waals surface area contributed by atoms with Crippen LogP contribution in [0.3, 0.4) is 0 Å². The molecule has 1 atom stereocenters. The lowest BCUT2D eigenvalue weighted by Crippen LogP contribution is -2.29. The molecule has 1 aliphatic rings. The van der Waals surface area contributed by atoms with Crippen LogP contribution in [0.2, 0.25) is 0 Å². The highest BCUT2D eigenvalue weighted by atomic mass is 16.5. The van der Waals surface area contributed by atoms with Gasteiger partial charge >= 0.3 is 0 Å². The van der Waals surface area contributed by atoms with Crippen LogP contribution in [-0.2, 0) is 11.3 Å². The molecule has 1 fully saturated rings. The Morgan fingerprint density at radius 3 is 2.95 bits per heavy atom. The molecule has 0 N–H and O–H groups in total. The fraction of sp³-hybridized carbons (Fsp3) is 0.529. The van der Waals surface area contributed by atoms with Crippen LogP contribution in [0.5, 0.6) is 5.88 Å². The van der Waals surface area contributed by atoms with Gasteiger partial charge in [-0.2, -0.15) is 0 Å². The lowest BCUT2D eigenvalue weighted by molar-refractivity contribution is -0.125. The fourth-order valence-electron chi connectivity index (χ4n) is 2.37. The third-order valence-corrected chi connectivity index (χ3v) is 4.03. The van der Waals surface area contributed by atoms with Gasteiger partial charge in [-0.05, 0) is 32.5 Å². The number of carbonyl (C=O) groups excluding carboxylic acids is 1. The van der Waals surface area contributed by atoms with E-state index in [1.165, 1.54) is 11.6 Å². The van der Waals surface area contributed by atoms with Crippen molar-refractivity contribution in [2.75, 3.05) is 20.1 Å². The fourth-order valence-corrected chi connectivity index (χ4v) is 2.37. The zero-order valence-corrected chi connectivity index (χ0v) is 13.7. The van der Waals surface area contributed by atoms with Crippen LogP contribution >= 0.6 is 0 Å². The first-order valence-electron chi connectivity index (χ1n) is 7.72. The van der Waals surface area contributed by atoms with Crippen molar-refractivity contribution < 1.29 is 9.53 Å². The summed E-state index contributed by atoms with van der Waals surface area (Å²) in [7, 11) is 2.10. The maximum atomic E-state index is 11.5. The molecule has 1 aliphatic heterocycles. The van der Waals surface area contributed by atoms with Crippen molar-refractivity contribution in [3.8, 4) is 5.88 Å². The molecule has 5 heteroatoms. The summed E-state index contributed by atoms with van der Waals surface area (Å²) in [5.41, 5.74) is 1.17. The van der Waals surface area contributed by atoms with Gasteiger partial charge in [-0.3, -0.25) is 9.69 Å². The zero-order chi connectivity index (χ0) is 16.1. The Hall–Kier alpha value is -1.88. The van der Waals surface area contributed by atoms with Gasteiger partial charge < -0.3 is 9.64 Å². The van der Waals surface area contributed by atoms with Gasteiger partial charge in [-0.25, -0.2) is 4.98 Å². The van der Waals surface area contributed by atoms with Gasteiger partial charge in [0.15, 0.2) is 0 Å². The van der Waals surface area contributed by atoms with Crippen molar-refractivity contribution >= 4 is 5.91 Å². The molecule has 2 heterocycles. The van der Waals surface area contributed by atoms with Gasteiger partial charge in [0.05, 0.1) is 6.54 Å². The lowest BCUT2D eigenvalue weighted by atomic mass is 10.2. The van der Waals surface area contributed by atoms with Gasteiger partial charge in [0, 0.05) is 37.8 Å². The number of hydrogen-bond donors (Lipinski definition) is 0. The van der Waals surface area contributed by atoms with Crippen LogP contribution in [-0.4, -0.2) is 53.0 Å². The predicted molar refractivity (Wildman–Crippen MR) is 86.7 cm³/mol. The van der Waals surface area contributed by atoms with Gasteiger partial charge in [0.2, 0.25) is 11.8 Å². The quantitative estimate of drug-likeness (QED) is 0.755. The molecule has 22 heavy (non-hydrogen) atoms. The van der Waals surface area contributed by atoms with Crippen LogP contribution in [0.15, 0.2) is 31.0 Å². The van der Waals surface area contributed by atoms with Crippen molar-refractivity contribution in [3.05, 3.63) is 36.5 Å². The van der Waals surface area contributed by atoms with Crippen LogP contribution in [0.25, 0.3) is 0 Å². The van der Waals surface area contributed by atoms with Crippen molar-refractivity contribution in [2.24, 2.45) is 0 Å². The van der Waals surface area contributed by atoms with E-state index in [1.807, 2.05) is 18.3 Å². The third-order valence-electron chi connectivity index (χ3n) is 4.03. The molecule has 0 aromatic carbocycles. The summed E-state index contributed by atoms with van der Waals surface area (Å²) in [6.45, 7) is 10.0. The Bertz CT molecular complexity index is 513. The number of carbonyl (C=O) groups is 1. The number of hydrogen-bond acceptors (Lipinski definition) is 4. The molecule has 1 unspecified atom stereocenters. The maximum absolute atomic E-state index is 11.5. The molecule has 2 rings (SSSR count). The van der Waals surface area contributed by atoms with Crippen LogP contribution in [0, 0.1) is 0 Å². The predicted octanol–water partition coefficient (Wildman–Crippen LogP) is 2.09. The summed E-state index contributed by atoms with van der Waals surface area (Å²) >= 11 is 0. The minimum absolute atomic E-state index is 0.0144. The van der Waals surface area contributed by atoms with Gasteiger partial charge in [-0.1, -0.05) is 12.6 Å². The summed E-state index contributed by atoms with van der Waals surface area (Å²) in [5, 5.41) is 0. The summed E-state index contributed by atoms with van der Waals surface area (Å²) in [6.07, 6.45) is 4.05. The third kappa shape index (κ3) is 4.31. The average Bonchev–Trinajstić information content (AvgIpc) is 2.96. The zero-order valence-electron chi connectivity index (χ0n) is 13.7. The highest BCUT2D eigenvalue weighted by Crippen LogP contribution is 2.17. The first kappa shape index (κ1) is 16.5. The van der Waals surface area contributed by atoms with E-state index >= 15 is 0 Å². The number of likely N-dealkylation sites (tertiary alicyclic amines) is 1. The molecule has 0 aliphatic carbocycles. The molecule has 0 radical (unpaired) electrons. The largest absolute Gasteiger partial charge is 0.472 e. The second-order valence-electron chi connectivity index (χ2n) is 6.03. The van der Waals surface area contributed by atoms with Crippen LogP contribution in [0.1, 0.15) is 25.8 Å². The summed E-state index contributed by atoms with van der Waals surface area (Å²) in [5.74, 6) is 0.583. The second kappa shape index (κ2) is 7.40. The first-order chi connectivity index (χ1) is 10.5. The van der Waals surface area contributed by atoms with Gasteiger partial charge in [0.1, 0.15) is 6.10 Å². The average molecular weight is 303 g/mol. The van der Waals surface area contributed by atoms with Crippen LogP contribution in [0.4, 0.5) is 0 Å². The highest BCUT2D eigenvalue weighted by Gasteiger charge is 2.26. The van der Waals surface area contributed by atoms with Crippen molar-refractivity contribution in [3.63, 3.8) is 0 Å². The number of amides is 1. The lowest BCUT2D eigenvalue weighted by Gasteiger charge is -2.21. The van der Waals surface area contributed by atoms with E-state index in [9.17, 15) is 4.79 Å². The number of pyridine rings is 1. The molecule has 0 spiro atoms. The SMILES string of the molecule is C=CC(=O)N1CCC(Oc2ccc(CN(C)C(C)C)cn2)C1. The molecular formula is C17H25N3O2. The summed E-state index contributed by atoms with van der Waals surface area (Å²) < 4.78 is 5.85. The van der Waals surface area contributed by atoms with E-state index in [-0.39, 0.29) is 12.0 Å². The molecule has 0 bridgehead atoms. The Morgan fingerprint density at radius 2 is 2.36 bits per heavy atom. The van der Waals surface area contributed by atoms with Crippen LogP contribution < -0.4 is 4.74 Å². The van der Waals surface area contributed by atoms with Crippen molar-refractivity contribution in [1.29, 1.82) is 0 Å². The molecule has 0 saturated carbocycles. The van der Waals surface area contributed by atoms with Crippen molar-refractivity contribution in [1.82, 2.24) is 14.8 Å². The molecule has 120 valence electrons. The highest BCUT2D eigenvalue weighted by molar-refractivity contribution is 5.87. The Kier molecular flexibility index (Phi) is 5.55. The minimum atomic E-state index is -0.0360. The number of aromatic nitrogens is 1. The first-order valence-corrected chi connectivity index (χ1v) is 7.72. The number of ether oxygens (including phenoxy) is 1.